The summed E-state index contributed by atoms with van der Waals surface area (Å²) in [5.74, 6) is 0.411. The Kier molecular flexibility index (Phi) is 6.60. The number of nitrogens with zero attached hydrogens (tertiary/aromatic N) is 4. The number of hydrogen-bond donors (Lipinski definition) is 3. The molecule has 11 nitrogen and oxygen atoms in total. The summed E-state index contributed by atoms with van der Waals surface area (Å²) in [4.78, 5) is 25.6. The van der Waals surface area contributed by atoms with Crippen LogP contribution in [0.25, 0.3) is 22.7 Å². The van der Waals surface area contributed by atoms with Crippen LogP contribution in [0.4, 0.5) is 5.69 Å². The summed E-state index contributed by atoms with van der Waals surface area (Å²) < 4.78 is 12.9. The highest BCUT2D eigenvalue weighted by Crippen LogP contribution is 2.36. The first kappa shape index (κ1) is 22.0. The average Bonchev–Trinajstić information content (AvgIpc) is 3.55. The van der Waals surface area contributed by atoms with E-state index in [0.717, 1.165) is 18.4 Å². The Morgan fingerprint density at radius 3 is 2.82 bits per heavy atom. The maximum Gasteiger partial charge on any atom is 0.291 e. The van der Waals surface area contributed by atoms with Gasteiger partial charge in [-0.05, 0) is 37.1 Å². The van der Waals surface area contributed by atoms with Gasteiger partial charge >= 0.3 is 0 Å². The lowest BCUT2D eigenvalue weighted by atomic mass is 9.89. The van der Waals surface area contributed by atoms with Crippen LogP contribution in [0.5, 0.6) is 0 Å². The van der Waals surface area contributed by atoms with Crippen LogP contribution in [0, 0.1) is 0 Å². The van der Waals surface area contributed by atoms with Crippen LogP contribution in [-0.4, -0.2) is 55.7 Å². The Balaban J connectivity index is 0.000000821. The van der Waals surface area contributed by atoms with Gasteiger partial charge in [-0.15, -0.1) is 0 Å². The molecule has 4 aromatic heterocycles. The number of anilines is 1. The van der Waals surface area contributed by atoms with Crippen LogP contribution < -0.4 is 5.32 Å². The molecular formula is C22H22N6O5. The number of furan rings is 1. The molecule has 0 bridgehead atoms. The first-order chi connectivity index (χ1) is 16.1. The molecule has 4 heterocycles. The van der Waals surface area contributed by atoms with Crippen molar-refractivity contribution in [1.29, 1.82) is 0 Å². The van der Waals surface area contributed by atoms with E-state index in [2.05, 4.69) is 20.5 Å². The van der Waals surface area contributed by atoms with E-state index in [-0.39, 0.29) is 30.3 Å². The predicted octanol–water partition coefficient (Wildman–Crippen LogP) is 3.23. The molecule has 3 N–H and O–H groups in total. The molecule has 0 unspecified atom stereocenters. The monoisotopic (exact) mass is 450 g/mol. The van der Waals surface area contributed by atoms with Gasteiger partial charge < -0.3 is 19.6 Å². The van der Waals surface area contributed by atoms with Gasteiger partial charge in [-0.1, -0.05) is 6.07 Å². The molecule has 170 valence electrons. The Labute approximate surface area is 188 Å². The van der Waals surface area contributed by atoms with Crippen molar-refractivity contribution in [2.75, 3.05) is 12.4 Å². The molecule has 0 radical (unpaired) electrons. The van der Waals surface area contributed by atoms with Crippen molar-refractivity contribution in [3.8, 4) is 22.7 Å². The molecule has 1 aliphatic carbocycles. The molecule has 0 atom stereocenters. The third-order valence-corrected chi connectivity index (χ3v) is 5.28. The van der Waals surface area contributed by atoms with Gasteiger partial charge in [0.05, 0.1) is 35.3 Å². The Hall–Kier alpha value is -4.25. The fraction of sp³-hybridized carbons (Fsp3) is 0.227. The van der Waals surface area contributed by atoms with Crippen LogP contribution >= 0.6 is 0 Å². The second-order valence-corrected chi connectivity index (χ2v) is 7.28. The van der Waals surface area contributed by atoms with E-state index in [4.69, 9.17) is 24.2 Å². The van der Waals surface area contributed by atoms with Gasteiger partial charge in [0.25, 0.3) is 12.4 Å². The SMILES string of the molecule is CO[C@H]1C[C@H](n2cc(NC(=O)c3ccc(-c4cn[nH]c4)o3)c(-c3ccccn3)n2)C1.O=CO. The number of carbonyl (C=O) groups is 2. The lowest BCUT2D eigenvalue weighted by Gasteiger charge is -2.34. The number of amides is 1. The predicted molar refractivity (Wildman–Crippen MR) is 117 cm³/mol. The number of aromatic nitrogens is 5. The number of hydrogen-bond acceptors (Lipinski definition) is 7. The van der Waals surface area contributed by atoms with E-state index in [1.807, 2.05) is 29.1 Å². The number of carbonyl (C=O) groups excluding carboxylic acids is 1. The molecule has 1 aliphatic rings. The van der Waals surface area contributed by atoms with Crippen molar-refractivity contribution < 1.29 is 23.8 Å². The topological polar surface area (TPSA) is 148 Å². The normalized spacial score (nSPS) is 16.9. The van der Waals surface area contributed by atoms with Gasteiger partial charge in [-0.3, -0.25) is 24.4 Å². The standard InChI is InChI=1S/C21H20N6O3.CH2O2/c1-29-15-8-14(9-15)27-12-17(20(26-27)16-4-2-3-7-22-16)25-21(28)19-6-5-18(30-19)13-10-23-24-11-13;2-1-3/h2-7,10-12,14-15H,8-9H2,1H3,(H,23,24)(H,25,28);1H,(H,2,3)/t14-,15-;. The maximum absolute atomic E-state index is 12.8. The van der Waals surface area contributed by atoms with Crippen molar-refractivity contribution in [1.82, 2.24) is 25.0 Å². The molecule has 33 heavy (non-hydrogen) atoms. The lowest BCUT2D eigenvalue weighted by Crippen LogP contribution is -2.32. The largest absolute Gasteiger partial charge is 0.483 e. The van der Waals surface area contributed by atoms with Crippen LogP contribution in [0.1, 0.15) is 29.4 Å². The number of rotatable bonds is 6. The van der Waals surface area contributed by atoms with Gasteiger partial charge in [0.1, 0.15) is 11.5 Å². The van der Waals surface area contributed by atoms with Gasteiger partial charge in [-0.25, -0.2) is 0 Å². The smallest absolute Gasteiger partial charge is 0.291 e. The minimum absolute atomic E-state index is 0.203. The summed E-state index contributed by atoms with van der Waals surface area (Å²) >= 11 is 0. The van der Waals surface area contributed by atoms with Gasteiger partial charge in [0.2, 0.25) is 0 Å². The highest BCUT2D eigenvalue weighted by atomic mass is 16.5. The van der Waals surface area contributed by atoms with Crippen molar-refractivity contribution in [2.45, 2.75) is 25.0 Å². The quantitative estimate of drug-likeness (QED) is 0.379. The van der Waals surface area contributed by atoms with Crippen molar-refractivity contribution in [2.24, 2.45) is 0 Å². The van der Waals surface area contributed by atoms with Crippen LogP contribution in [0.2, 0.25) is 0 Å². The molecule has 5 rings (SSSR count). The third-order valence-electron chi connectivity index (χ3n) is 5.28. The van der Waals surface area contributed by atoms with Crippen LogP contribution in [0.3, 0.4) is 0 Å². The zero-order valence-corrected chi connectivity index (χ0v) is 17.7. The number of H-pyrrole nitrogens is 1. The van der Waals surface area contributed by atoms with Crippen molar-refractivity contribution in [3.63, 3.8) is 0 Å². The highest BCUT2D eigenvalue weighted by molar-refractivity contribution is 6.04. The molecule has 1 amide bonds. The molecule has 1 saturated carbocycles. The molecule has 4 aromatic rings. The molecule has 0 saturated heterocycles. The summed E-state index contributed by atoms with van der Waals surface area (Å²) in [5, 5.41) is 21.1. The number of ether oxygens (including phenoxy) is 1. The van der Waals surface area contributed by atoms with Crippen LogP contribution in [-0.2, 0) is 9.53 Å². The Bertz CT molecular complexity index is 1200. The molecule has 1 fully saturated rings. The first-order valence-electron chi connectivity index (χ1n) is 10.1. The van der Waals surface area contributed by atoms with E-state index < -0.39 is 0 Å². The highest BCUT2D eigenvalue weighted by Gasteiger charge is 2.32. The van der Waals surface area contributed by atoms with Crippen molar-refractivity contribution in [3.05, 3.63) is 60.9 Å². The van der Waals surface area contributed by atoms with Gasteiger partial charge in [0, 0.05) is 25.7 Å². The summed E-state index contributed by atoms with van der Waals surface area (Å²) in [6.45, 7) is -0.250. The van der Waals surface area contributed by atoms with Gasteiger partial charge in [0.15, 0.2) is 5.76 Å². The summed E-state index contributed by atoms with van der Waals surface area (Å²) in [5.41, 5.74) is 2.66. The zero-order chi connectivity index (χ0) is 23.2. The van der Waals surface area contributed by atoms with E-state index in [9.17, 15) is 4.79 Å². The number of aromatic amines is 1. The summed E-state index contributed by atoms with van der Waals surface area (Å²) in [7, 11) is 1.72. The Morgan fingerprint density at radius 1 is 1.33 bits per heavy atom. The van der Waals surface area contributed by atoms with E-state index >= 15 is 0 Å². The number of nitrogens with one attached hydrogen (secondary N) is 2. The molecule has 0 aliphatic heterocycles. The maximum atomic E-state index is 12.8. The summed E-state index contributed by atoms with van der Waals surface area (Å²) in [6, 6.07) is 9.21. The third kappa shape index (κ3) is 4.83. The minimum atomic E-state index is -0.357. The fourth-order valence-electron chi connectivity index (χ4n) is 3.49. The number of methoxy groups -OCH3 is 1. The fourth-order valence-corrected chi connectivity index (χ4v) is 3.49. The molecule has 11 heteroatoms. The van der Waals surface area contributed by atoms with Crippen LogP contribution in [0.15, 0.2) is 59.5 Å². The first-order valence-corrected chi connectivity index (χ1v) is 10.1. The Morgan fingerprint density at radius 2 is 2.15 bits per heavy atom. The number of carboxylic acid groups (broad SMARTS) is 1. The second-order valence-electron chi connectivity index (χ2n) is 7.28. The minimum Gasteiger partial charge on any atom is -0.483 e. The molecular weight excluding hydrogens is 428 g/mol. The molecule has 0 spiro atoms. The van der Waals surface area contributed by atoms with Crippen molar-refractivity contribution >= 4 is 18.1 Å². The van der Waals surface area contributed by atoms with E-state index in [0.29, 0.717) is 22.8 Å². The van der Waals surface area contributed by atoms with E-state index in [1.54, 1.807) is 37.8 Å². The average molecular weight is 450 g/mol. The summed E-state index contributed by atoms with van der Waals surface area (Å²) in [6.07, 6.45) is 8.91. The lowest BCUT2D eigenvalue weighted by molar-refractivity contribution is -0.122. The molecule has 0 aromatic carbocycles. The zero-order valence-electron chi connectivity index (χ0n) is 17.7. The van der Waals surface area contributed by atoms with Gasteiger partial charge in [-0.2, -0.15) is 10.2 Å². The van der Waals surface area contributed by atoms with E-state index in [1.165, 1.54) is 0 Å². The number of pyridine rings is 1. The second kappa shape index (κ2) is 9.92.